The number of alkyl halides is 3. The predicted octanol–water partition coefficient (Wildman–Crippen LogP) is 6.54. The first-order valence-electron chi connectivity index (χ1n) is 13.6. The van der Waals surface area contributed by atoms with Crippen molar-refractivity contribution in [3.8, 4) is 16.5 Å². The van der Waals surface area contributed by atoms with Crippen molar-refractivity contribution >= 4 is 27.1 Å². The largest absolute Gasteiger partial charge is 0.465 e. The fourth-order valence-electron chi connectivity index (χ4n) is 4.47. The first kappa shape index (κ1) is 30.7. The summed E-state index contributed by atoms with van der Waals surface area (Å²) in [6.45, 7) is 1.27. The van der Waals surface area contributed by atoms with Gasteiger partial charge in [0.05, 0.1) is 34.6 Å². The first-order valence-corrected chi connectivity index (χ1v) is 16.1. The highest BCUT2D eigenvalue weighted by atomic mass is 32.2. The van der Waals surface area contributed by atoms with Gasteiger partial charge in [-0.1, -0.05) is 54.7 Å². The van der Waals surface area contributed by atoms with Crippen molar-refractivity contribution < 1.29 is 36.2 Å². The molecule has 0 radical (unpaired) electrons. The van der Waals surface area contributed by atoms with Crippen LogP contribution in [0.1, 0.15) is 63.7 Å². The molecule has 0 spiro atoms. The van der Waals surface area contributed by atoms with Crippen molar-refractivity contribution in [2.24, 2.45) is 0 Å². The quantitative estimate of drug-likeness (QED) is 0.195. The van der Waals surface area contributed by atoms with Crippen molar-refractivity contribution in [3.05, 3.63) is 99.9 Å². The van der Waals surface area contributed by atoms with Gasteiger partial charge in [-0.2, -0.15) is 13.2 Å². The van der Waals surface area contributed by atoms with E-state index in [1.165, 1.54) is 35.6 Å². The fourth-order valence-corrected chi connectivity index (χ4v) is 6.46. The summed E-state index contributed by atoms with van der Waals surface area (Å²) >= 11 is 1.42. The molecule has 1 atom stereocenters. The third-order valence-electron chi connectivity index (χ3n) is 7.16. The molecule has 1 saturated carbocycles. The number of aromatic nitrogens is 1. The van der Waals surface area contributed by atoms with Crippen molar-refractivity contribution in [2.75, 3.05) is 12.4 Å². The molecule has 1 aliphatic carbocycles. The maximum Gasteiger partial charge on any atom is 0.416 e. The number of carbonyl (C=O) groups excluding carboxylic acids is 1. The summed E-state index contributed by atoms with van der Waals surface area (Å²) in [7, 11) is -3.36. The molecule has 12 heteroatoms. The van der Waals surface area contributed by atoms with Crippen LogP contribution in [0.5, 0.6) is 5.19 Å². The number of thiazole rings is 1. The molecule has 7 nitrogen and oxygen atoms in total. The minimum atomic E-state index is -4.40. The van der Waals surface area contributed by atoms with Gasteiger partial charge in [-0.3, -0.25) is 4.79 Å². The lowest BCUT2D eigenvalue weighted by Gasteiger charge is -2.17. The number of aliphatic hydroxyl groups is 1. The monoisotopic (exact) mass is 630 g/mol. The molecule has 1 fully saturated rings. The van der Waals surface area contributed by atoms with Crippen molar-refractivity contribution in [3.63, 3.8) is 0 Å². The van der Waals surface area contributed by atoms with Gasteiger partial charge in [0.15, 0.2) is 9.84 Å². The average molecular weight is 631 g/mol. The van der Waals surface area contributed by atoms with Gasteiger partial charge >= 0.3 is 6.18 Å². The maximum absolute atomic E-state index is 13.0. The molecule has 1 aliphatic rings. The SMILES string of the molecule is CCS(=O)(=O)c1ccc(C(CO)NC(=O)c2ccc(-c3nc(OCc4ccc(C(F)(F)F)cc4)sc3C3CC3)cc2)cc1. The Labute approximate surface area is 251 Å². The zero-order chi connectivity index (χ0) is 30.8. The van der Waals surface area contributed by atoms with E-state index in [1.54, 1.807) is 43.3 Å². The molecule has 43 heavy (non-hydrogen) atoms. The Balaban J connectivity index is 1.26. The summed E-state index contributed by atoms with van der Waals surface area (Å²) < 4.78 is 68.5. The minimum Gasteiger partial charge on any atom is -0.465 e. The topological polar surface area (TPSA) is 106 Å². The summed E-state index contributed by atoms with van der Waals surface area (Å²) in [5, 5.41) is 13.1. The first-order chi connectivity index (χ1) is 20.5. The smallest absolute Gasteiger partial charge is 0.416 e. The van der Waals surface area contributed by atoms with E-state index in [9.17, 15) is 31.5 Å². The Kier molecular flexibility index (Phi) is 8.91. The second kappa shape index (κ2) is 12.5. The normalized spacial score (nSPS) is 14.3. The zero-order valence-electron chi connectivity index (χ0n) is 23.1. The van der Waals surface area contributed by atoms with Crippen LogP contribution in [0.25, 0.3) is 11.3 Å². The number of hydrogen-bond acceptors (Lipinski definition) is 7. The number of ether oxygens (including phenoxy) is 1. The lowest BCUT2D eigenvalue weighted by Crippen LogP contribution is -2.30. The number of aliphatic hydroxyl groups excluding tert-OH is 1. The van der Waals surface area contributed by atoms with Gasteiger partial charge in [-0.25, -0.2) is 13.4 Å². The molecular weight excluding hydrogens is 601 g/mol. The molecule has 5 rings (SSSR count). The molecule has 3 aromatic carbocycles. The van der Waals surface area contributed by atoms with Gasteiger partial charge in [-0.15, -0.1) is 0 Å². The lowest BCUT2D eigenvalue weighted by molar-refractivity contribution is -0.137. The van der Waals surface area contributed by atoms with Crippen molar-refractivity contribution in [2.45, 2.75) is 49.4 Å². The summed E-state index contributed by atoms with van der Waals surface area (Å²) in [6, 6.07) is 17.1. The van der Waals surface area contributed by atoms with E-state index < -0.39 is 33.5 Å². The van der Waals surface area contributed by atoms with Gasteiger partial charge in [-0.05, 0) is 66.3 Å². The van der Waals surface area contributed by atoms with Crippen molar-refractivity contribution in [1.29, 1.82) is 0 Å². The number of sulfone groups is 1. The van der Waals surface area contributed by atoms with E-state index in [2.05, 4.69) is 10.3 Å². The third-order valence-corrected chi connectivity index (χ3v) is 10.0. The molecule has 226 valence electrons. The van der Waals surface area contributed by atoms with Crippen LogP contribution in [-0.2, 0) is 22.6 Å². The average Bonchev–Trinajstić information content (AvgIpc) is 3.77. The summed E-state index contributed by atoms with van der Waals surface area (Å²) in [4.78, 5) is 18.9. The predicted molar refractivity (Wildman–Crippen MR) is 157 cm³/mol. The molecule has 1 aromatic heterocycles. The van der Waals surface area contributed by atoms with Gasteiger partial charge in [0.1, 0.15) is 6.61 Å². The van der Waals surface area contributed by atoms with E-state index in [0.29, 0.717) is 27.8 Å². The Morgan fingerprint density at radius 3 is 2.26 bits per heavy atom. The number of halogens is 3. The second-order valence-electron chi connectivity index (χ2n) is 10.2. The van der Waals surface area contributed by atoms with Crippen LogP contribution in [0.4, 0.5) is 13.2 Å². The second-order valence-corrected chi connectivity index (χ2v) is 13.5. The Morgan fingerprint density at radius 2 is 1.70 bits per heavy atom. The number of nitrogens with one attached hydrogen (secondary N) is 1. The number of hydrogen-bond donors (Lipinski definition) is 2. The van der Waals surface area contributed by atoms with Gasteiger partial charge in [0.2, 0.25) is 0 Å². The molecule has 1 heterocycles. The number of benzene rings is 3. The van der Waals surface area contributed by atoms with Crippen LogP contribution in [0, 0.1) is 0 Å². The van der Waals surface area contributed by atoms with Gasteiger partial charge in [0.25, 0.3) is 11.1 Å². The molecule has 0 saturated heterocycles. The Morgan fingerprint density at radius 1 is 1.05 bits per heavy atom. The molecule has 1 amide bonds. The molecule has 0 bridgehead atoms. The lowest BCUT2D eigenvalue weighted by atomic mass is 10.0. The van der Waals surface area contributed by atoms with Crippen LogP contribution in [0.2, 0.25) is 0 Å². The molecule has 1 unspecified atom stereocenters. The molecular formula is C31H29F3N2O5S2. The third kappa shape index (κ3) is 7.26. The number of carbonyl (C=O) groups is 1. The van der Waals surface area contributed by atoms with Crippen LogP contribution in [0.3, 0.4) is 0 Å². The molecule has 4 aromatic rings. The highest BCUT2D eigenvalue weighted by Gasteiger charge is 2.31. The summed E-state index contributed by atoms with van der Waals surface area (Å²) in [5.41, 5.74) is 2.36. The van der Waals surface area contributed by atoms with Crippen LogP contribution < -0.4 is 10.1 Å². The highest BCUT2D eigenvalue weighted by Crippen LogP contribution is 2.49. The molecule has 2 N–H and O–H groups in total. The zero-order valence-corrected chi connectivity index (χ0v) is 24.7. The summed E-state index contributed by atoms with van der Waals surface area (Å²) in [5.74, 6) is -0.0668. The van der Waals surface area contributed by atoms with E-state index >= 15 is 0 Å². The Hall–Kier alpha value is -3.74. The molecule has 0 aliphatic heterocycles. The van der Waals surface area contributed by atoms with Crippen LogP contribution in [0.15, 0.2) is 77.7 Å². The van der Waals surface area contributed by atoms with E-state index in [1.807, 2.05) is 0 Å². The van der Waals surface area contributed by atoms with Crippen molar-refractivity contribution in [1.82, 2.24) is 10.3 Å². The van der Waals surface area contributed by atoms with Crippen LogP contribution >= 0.6 is 11.3 Å². The highest BCUT2D eigenvalue weighted by molar-refractivity contribution is 7.91. The van der Waals surface area contributed by atoms with Crippen LogP contribution in [-0.4, -0.2) is 36.8 Å². The number of amides is 1. The van der Waals surface area contributed by atoms with Gasteiger partial charge in [0, 0.05) is 16.0 Å². The fraction of sp³-hybridized carbons (Fsp3) is 0.290. The maximum atomic E-state index is 13.0. The van der Waals surface area contributed by atoms with E-state index in [0.717, 1.165) is 41.1 Å². The number of rotatable bonds is 11. The number of nitrogens with zero attached hydrogens (tertiary/aromatic N) is 1. The van der Waals surface area contributed by atoms with E-state index in [-0.39, 0.29) is 23.9 Å². The Bertz CT molecular complexity index is 1680. The van der Waals surface area contributed by atoms with Gasteiger partial charge < -0.3 is 15.2 Å². The standard InChI is InChI=1S/C31H29F3N2O5S2/c1-2-43(39,40)25-15-11-20(12-16-25)26(17-37)35-29(38)23-9-5-21(6-10-23)27-28(22-7-8-22)42-30(36-27)41-18-19-3-13-24(14-4-19)31(32,33)34/h3-6,9-16,22,26,37H,2,7-8,17-18H2,1H3,(H,35,38). The van der Waals surface area contributed by atoms with E-state index in [4.69, 9.17) is 4.74 Å². The minimum absolute atomic E-state index is 0.0252. The summed E-state index contributed by atoms with van der Waals surface area (Å²) in [6.07, 6.45) is -2.34.